The van der Waals surface area contributed by atoms with Gasteiger partial charge in [-0.3, -0.25) is 0 Å². The van der Waals surface area contributed by atoms with Crippen LogP contribution in [0.3, 0.4) is 0 Å². The van der Waals surface area contributed by atoms with Crippen molar-refractivity contribution in [3.63, 3.8) is 0 Å². The molecule has 0 amide bonds. The molecule has 0 N–H and O–H groups in total. The average molecular weight is 567 g/mol. The number of carbonyl (C=O) groups is 1. The summed E-state index contributed by atoms with van der Waals surface area (Å²) in [5.74, 6) is 0.950. The standard InChI is InChI=1S/C37H46N2O3/c1-7-12-17-27(8-2)25-41-34-24-28(38(9-3)10-4)22-23-32(34)37(31-20-15-13-18-29(31)36(40)42-37)35-26(6)39(11-5)33-21-16-14-19-30(33)35/h13-16,18-24,27H,7-12,17,25H2,1-6H3. The number of anilines is 1. The number of aromatic nitrogens is 1. The Bertz CT molecular complexity index is 1550. The number of nitrogens with zero attached hydrogens (tertiary/aromatic N) is 2. The fourth-order valence-electron chi connectivity index (χ4n) is 6.83. The van der Waals surface area contributed by atoms with Gasteiger partial charge in [-0.25, -0.2) is 4.79 Å². The van der Waals surface area contributed by atoms with E-state index in [9.17, 15) is 4.79 Å². The van der Waals surface area contributed by atoms with Gasteiger partial charge in [-0.1, -0.05) is 69.5 Å². The summed E-state index contributed by atoms with van der Waals surface area (Å²) in [7, 11) is 0. The third kappa shape index (κ3) is 4.97. The van der Waals surface area contributed by atoms with Gasteiger partial charge >= 0.3 is 5.97 Å². The van der Waals surface area contributed by atoms with Crippen LogP contribution in [-0.4, -0.2) is 30.2 Å². The number of unbranched alkanes of at least 4 members (excludes halogenated alkanes) is 1. The maximum Gasteiger partial charge on any atom is 0.340 e. The highest BCUT2D eigenvalue weighted by atomic mass is 16.6. The van der Waals surface area contributed by atoms with Gasteiger partial charge in [0.25, 0.3) is 0 Å². The quantitative estimate of drug-likeness (QED) is 0.152. The fourth-order valence-corrected chi connectivity index (χ4v) is 6.83. The molecule has 2 unspecified atom stereocenters. The summed E-state index contributed by atoms with van der Waals surface area (Å²) >= 11 is 0. The zero-order valence-electron chi connectivity index (χ0n) is 26.2. The van der Waals surface area contributed by atoms with Gasteiger partial charge in [0.05, 0.1) is 12.2 Å². The van der Waals surface area contributed by atoms with E-state index in [1.54, 1.807) is 0 Å². The number of hydrogen-bond acceptors (Lipinski definition) is 4. The first-order chi connectivity index (χ1) is 20.4. The minimum Gasteiger partial charge on any atom is -0.493 e. The Morgan fingerprint density at radius 3 is 2.38 bits per heavy atom. The second kappa shape index (κ2) is 12.6. The molecule has 5 heteroatoms. The maximum absolute atomic E-state index is 13.7. The van der Waals surface area contributed by atoms with Crippen molar-refractivity contribution in [3.8, 4) is 5.75 Å². The smallest absolute Gasteiger partial charge is 0.340 e. The van der Waals surface area contributed by atoms with Gasteiger partial charge in [-0.05, 0) is 64.3 Å². The predicted octanol–water partition coefficient (Wildman–Crippen LogP) is 8.87. The number of ether oxygens (including phenoxy) is 2. The summed E-state index contributed by atoms with van der Waals surface area (Å²) in [6.45, 7) is 16.4. The van der Waals surface area contributed by atoms with E-state index in [1.807, 2.05) is 18.2 Å². The van der Waals surface area contributed by atoms with Gasteiger partial charge in [0.1, 0.15) is 5.75 Å². The third-order valence-electron chi connectivity index (χ3n) is 9.16. The molecular formula is C37H46N2O3. The molecule has 0 radical (unpaired) electrons. The first-order valence-corrected chi connectivity index (χ1v) is 15.9. The van der Waals surface area contributed by atoms with E-state index < -0.39 is 5.60 Å². The second-order valence-electron chi connectivity index (χ2n) is 11.4. The van der Waals surface area contributed by atoms with Gasteiger partial charge in [-0.2, -0.15) is 0 Å². The number of fused-ring (bicyclic) bond motifs is 2. The summed E-state index contributed by atoms with van der Waals surface area (Å²) in [4.78, 5) is 16.0. The van der Waals surface area contributed by atoms with E-state index in [0.717, 1.165) is 77.2 Å². The highest BCUT2D eigenvalue weighted by Crippen LogP contribution is 2.53. The van der Waals surface area contributed by atoms with Crippen LogP contribution in [0.5, 0.6) is 5.75 Å². The van der Waals surface area contributed by atoms with Crippen LogP contribution in [0.25, 0.3) is 10.9 Å². The molecule has 0 aliphatic carbocycles. The number of benzene rings is 3. The number of rotatable bonds is 13. The minimum atomic E-state index is -1.14. The molecule has 2 heterocycles. The summed E-state index contributed by atoms with van der Waals surface area (Å²) in [6.07, 6.45) is 4.58. The van der Waals surface area contributed by atoms with Crippen molar-refractivity contribution in [2.24, 2.45) is 5.92 Å². The molecule has 0 saturated heterocycles. The normalized spacial score (nSPS) is 16.9. The Kier molecular flexibility index (Phi) is 8.96. The molecule has 5 rings (SSSR count). The van der Waals surface area contributed by atoms with Gasteiger partial charge in [-0.15, -0.1) is 0 Å². The Morgan fingerprint density at radius 2 is 1.67 bits per heavy atom. The van der Waals surface area contributed by atoms with Crippen molar-refractivity contribution in [1.29, 1.82) is 0 Å². The molecule has 0 bridgehead atoms. The Balaban J connectivity index is 1.80. The molecule has 0 spiro atoms. The topological polar surface area (TPSA) is 43.7 Å². The van der Waals surface area contributed by atoms with Crippen LogP contribution in [0.2, 0.25) is 0 Å². The van der Waals surface area contributed by atoms with Crippen LogP contribution in [0, 0.1) is 12.8 Å². The van der Waals surface area contributed by atoms with Crippen molar-refractivity contribution in [3.05, 3.63) is 94.7 Å². The molecule has 0 saturated carbocycles. The Morgan fingerprint density at radius 1 is 0.929 bits per heavy atom. The minimum absolute atomic E-state index is 0.300. The van der Waals surface area contributed by atoms with Gasteiger partial charge in [0.2, 0.25) is 0 Å². The van der Waals surface area contributed by atoms with Crippen molar-refractivity contribution < 1.29 is 14.3 Å². The monoisotopic (exact) mass is 566 g/mol. The number of hydrogen-bond donors (Lipinski definition) is 0. The van der Waals surface area contributed by atoms with Crippen LogP contribution in [0.1, 0.15) is 93.0 Å². The van der Waals surface area contributed by atoms with E-state index in [2.05, 4.69) is 99.5 Å². The van der Waals surface area contributed by atoms with E-state index in [0.29, 0.717) is 18.1 Å². The van der Waals surface area contributed by atoms with Crippen molar-refractivity contribution in [2.75, 3.05) is 24.6 Å². The largest absolute Gasteiger partial charge is 0.493 e. The third-order valence-corrected chi connectivity index (χ3v) is 9.16. The van der Waals surface area contributed by atoms with Crippen LogP contribution < -0.4 is 9.64 Å². The average Bonchev–Trinajstić information content (AvgIpc) is 3.48. The number of esters is 1. The maximum atomic E-state index is 13.7. The van der Waals surface area contributed by atoms with Crippen LogP contribution in [-0.2, 0) is 16.9 Å². The Labute approximate surface area is 251 Å². The van der Waals surface area contributed by atoms with Gasteiger partial charge < -0.3 is 18.9 Å². The van der Waals surface area contributed by atoms with Crippen LogP contribution >= 0.6 is 0 Å². The molecular weight excluding hydrogens is 520 g/mol. The molecule has 1 aliphatic rings. The SMILES string of the molecule is CCCCC(CC)COc1cc(N(CC)CC)ccc1C1(c2c(C)n(CC)c3ccccc23)OC(=O)c2ccccc21. The van der Waals surface area contributed by atoms with E-state index in [-0.39, 0.29) is 5.97 Å². The van der Waals surface area contributed by atoms with Crippen molar-refractivity contribution >= 4 is 22.6 Å². The molecule has 1 aliphatic heterocycles. The lowest BCUT2D eigenvalue weighted by Crippen LogP contribution is -2.32. The van der Waals surface area contributed by atoms with E-state index >= 15 is 0 Å². The number of carbonyl (C=O) groups excluding carboxylic acids is 1. The molecule has 4 aromatic rings. The first-order valence-electron chi connectivity index (χ1n) is 15.9. The van der Waals surface area contributed by atoms with Crippen molar-refractivity contribution in [2.45, 2.75) is 79.4 Å². The van der Waals surface area contributed by atoms with Crippen LogP contribution in [0.4, 0.5) is 5.69 Å². The van der Waals surface area contributed by atoms with Crippen LogP contribution in [0.15, 0.2) is 66.7 Å². The molecule has 1 aromatic heterocycles. The lowest BCUT2D eigenvalue weighted by atomic mass is 9.78. The van der Waals surface area contributed by atoms with E-state index in [4.69, 9.17) is 9.47 Å². The molecule has 3 aromatic carbocycles. The molecule has 42 heavy (non-hydrogen) atoms. The molecule has 2 atom stereocenters. The van der Waals surface area contributed by atoms with E-state index in [1.165, 1.54) is 12.8 Å². The molecule has 222 valence electrons. The summed E-state index contributed by atoms with van der Waals surface area (Å²) in [5, 5.41) is 1.09. The van der Waals surface area contributed by atoms with Gasteiger partial charge in [0, 0.05) is 64.7 Å². The second-order valence-corrected chi connectivity index (χ2v) is 11.4. The number of aryl methyl sites for hydroxylation is 1. The lowest BCUT2D eigenvalue weighted by Gasteiger charge is -2.33. The summed E-state index contributed by atoms with van der Waals surface area (Å²) < 4.78 is 15.8. The summed E-state index contributed by atoms with van der Waals surface area (Å²) in [5.41, 5.74) is 5.58. The molecule has 0 fully saturated rings. The zero-order chi connectivity index (χ0) is 29.9. The lowest BCUT2D eigenvalue weighted by molar-refractivity contribution is 0.0244. The zero-order valence-corrected chi connectivity index (χ0v) is 26.2. The van der Waals surface area contributed by atoms with Crippen molar-refractivity contribution in [1.82, 2.24) is 4.57 Å². The highest BCUT2D eigenvalue weighted by Gasteiger charge is 2.52. The number of cyclic esters (lactones) is 1. The fraction of sp³-hybridized carbons (Fsp3) is 0.432. The van der Waals surface area contributed by atoms with Gasteiger partial charge in [0.15, 0.2) is 5.60 Å². The predicted molar refractivity (Wildman–Crippen MR) is 173 cm³/mol. The molecule has 5 nitrogen and oxygen atoms in total. The highest BCUT2D eigenvalue weighted by molar-refractivity contribution is 5.99. The first kappa shape index (κ1) is 29.8. The number of para-hydroxylation sites is 1. The Hall–Kier alpha value is -3.73. The summed E-state index contributed by atoms with van der Waals surface area (Å²) in [6, 6.07) is 22.8.